The first-order chi connectivity index (χ1) is 7.66. The molecule has 1 aromatic carbocycles. The smallest absolute Gasteiger partial charge is 0.136 e. The Hall–Kier alpha value is -1.55. The van der Waals surface area contributed by atoms with Gasteiger partial charge in [-0.1, -0.05) is 6.07 Å². The Morgan fingerprint density at radius 1 is 1.19 bits per heavy atom. The molecule has 0 aliphatic heterocycles. The third-order valence-corrected chi connectivity index (χ3v) is 2.63. The van der Waals surface area contributed by atoms with Gasteiger partial charge >= 0.3 is 0 Å². The second-order valence-electron chi connectivity index (χ2n) is 3.60. The van der Waals surface area contributed by atoms with Gasteiger partial charge in [0.2, 0.25) is 0 Å². The fourth-order valence-corrected chi connectivity index (χ4v) is 1.68. The average molecular weight is 231 g/mol. The predicted molar refractivity (Wildman–Crippen MR) is 68.5 cm³/mol. The molecule has 1 aromatic heterocycles. The predicted octanol–water partition coefficient (Wildman–Crippen LogP) is 2.84. The monoisotopic (exact) mass is 231 g/mol. The molecule has 0 spiro atoms. The summed E-state index contributed by atoms with van der Waals surface area (Å²) in [5.74, 6) is 0.881. The first kappa shape index (κ1) is 11.0. The molecule has 0 aliphatic carbocycles. The molecule has 0 saturated carbocycles. The highest BCUT2D eigenvalue weighted by molar-refractivity contribution is 7.80. The molecular formula is C12H13N3S. The SMILES string of the molecule is Cc1cc(N(C)c2cccc(S)c2)ncn1. The largest absolute Gasteiger partial charge is 0.329 e. The molecule has 0 N–H and O–H groups in total. The first-order valence-corrected chi connectivity index (χ1v) is 5.43. The van der Waals surface area contributed by atoms with Crippen LogP contribution >= 0.6 is 12.6 Å². The quantitative estimate of drug-likeness (QED) is 0.806. The van der Waals surface area contributed by atoms with Crippen LogP contribution in [0, 0.1) is 6.92 Å². The molecule has 0 bridgehead atoms. The van der Waals surface area contributed by atoms with E-state index < -0.39 is 0 Å². The van der Waals surface area contributed by atoms with E-state index in [9.17, 15) is 0 Å². The summed E-state index contributed by atoms with van der Waals surface area (Å²) in [5, 5.41) is 0. The summed E-state index contributed by atoms with van der Waals surface area (Å²) in [6, 6.07) is 9.90. The van der Waals surface area contributed by atoms with Gasteiger partial charge in [0, 0.05) is 29.4 Å². The molecule has 0 aliphatic rings. The van der Waals surface area contributed by atoms with Crippen molar-refractivity contribution in [3.63, 3.8) is 0 Å². The second kappa shape index (κ2) is 4.53. The lowest BCUT2D eigenvalue weighted by Crippen LogP contribution is -2.11. The van der Waals surface area contributed by atoms with Crippen molar-refractivity contribution in [1.29, 1.82) is 0 Å². The molecule has 0 radical (unpaired) electrons. The molecule has 0 amide bonds. The fourth-order valence-electron chi connectivity index (χ4n) is 1.46. The van der Waals surface area contributed by atoms with Crippen LogP contribution in [0.5, 0.6) is 0 Å². The Kier molecular flexibility index (Phi) is 3.10. The zero-order valence-electron chi connectivity index (χ0n) is 9.25. The molecule has 0 atom stereocenters. The van der Waals surface area contributed by atoms with Gasteiger partial charge in [0.1, 0.15) is 12.1 Å². The highest BCUT2D eigenvalue weighted by Gasteiger charge is 2.05. The lowest BCUT2D eigenvalue weighted by atomic mass is 10.3. The number of aromatic nitrogens is 2. The maximum Gasteiger partial charge on any atom is 0.136 e. The van der Waals surface area contributed by atoms with E-state index in [-0.39, 0.29) is 0 Å². The van der Waals surface area contributed by atoms with Gasteiger partial charge in [-0.05, 0) is 25.1 Å². The molecule has 2 rings (SSSR count). The number of thiol groups is 1. The summed E-state index contributed by atoms with van der Waals surface area (Å²) in [6.45, 7) is 1.95. The van der Waals surface area contributed by atoms with E-state index in [2.05, 4.69) is 22.6 Å². The lowest BCUT2D eigenvalue weighted by Gasteiger charge is -2.18. The summed E-state index contributed by atoms with van der Waals surface area (Å²) in [7, 11) is 1.98. The molecule has 0 unspecified atom stereocenters. The average Bonchev–Trinajstić information content (AvgIpc) is 2.28. The summed E-state index contributed by atoms with van der Waals surface area (Å²) in [5.41, 5.74) is 2.02. The topological polar surface area (TPSA) is 29.0 Å². The molecule has 0 fully saturated rings. The van der Waals surface area contributed by atoms with E-state index in [1.165, 1.54) is 0 Å². The molecule has 82 valence electrons. The van der Waals surface area contributed by atoms with Crippen molar-refractivity contribution < 1.29 is 0 Å². The van der Waals surface area contributed by atoms with Crippen LogP contribution in [0.15, 0.2) is 41.6 Å². The van der Waals surface area contributed by atoms with E-state index in [1.54, 1.807) is 6.33 Å². The Bertz CT molecular complexity index is 454. The maximum absolute atomic E-state index is 4.32. The standard InChI is InChI=1S/C12H13N3S/c1-9-6-12(14-8-13-9)15(2)10-4-3-5-11(16)7-10/h3-8,16H,1-2H3. The summed E-state index contributed by atoms with van der Waals surface area (Å²) in [4.78, 5) is 11.3. The summed E-state index contributed by atoms with van der Waals surface area (Å²) < 4.78 is 0. The Labute approximate surface area is 101 Å². The number of hydrogen-bond acceptors (Lipinski definition) is 4. The van der Waals surface area contributed by atoms with Gasteiger partial charge in [-0.25, -0.2) is 9.97 Å². The van der Waals surface area contributed by atoms with Crippen molar-refractivity contribution in [1.82, 2.24) is 9.97 Å². The molecule has 3 nitrogen and oxygen atoms in total. The number of anilines is 2. The van der Waals surface area contributed by atoms with Crippen LogP contribution in [0.4, 0.5) is 11.5 Å². The van der Waals surface area contributed by atoms with Crippen LogP contribution < -0.4 is 4.90 Å². The van der Waals surface area contributed by atoms with Gasteiger partial charge in [-0.3, -0.25) is 0 Å². The highest BCUT2D eigenvalue weighted by Crippen LogP contribution is 2.23. The highest BCUT2D eigenvalue weighted by atomic mass is 32.1. The lowest BCUT2D eigenvalue weighted by molar-refractivity contribution is 1.04. The number of aryl methyl sites for hydroxylation is 1. The number of benzene rings is 1. The van der Waals surface area contributed by atoms with Crippen LogP contribution in [0.3, 0.4) is 0 Å². The molecular weight excluding hydrogens is 218 g/mol. The Morgan fingerprint density at radius 2 is 2.00 bits per heavy atom. The molecule has 1 heterocycles. The van der Waals surface area contributed by atoms with Gasteiger partial charge in [0.05, 0.1) is 0 Å². The van der Waals surface area contributed by atoms with Gasteiger partial charge < -0.3 is 4.90 Å². The number of hydrogen-bond donors (Lipinski definition) is 1. The van der Waals surface area contributed by atoms with Crippen molar-refractivity contribution in [2.24, 2.45) is 0 Å². The van der Waals surface area contributed by atoms with Crippen molar-refractivity contribution in [3.05, 3.63) is 42.4 Å². The summed E-state index contributed by atoms with van der Waals surface area (Å²) in [6.07, 6.45) is 1.58. The van der Waals surface area contributed by atoms with Crippen molar-refractivity contribution >= 4 is 24.1 Å². The molecule has 4 heteroatoms. The van der Waals surface area contributed by atoms with Crippen LogP contribution in [0.1, 0.15) is 5.69 Å². The molecule has 0 saturated heterocycles. The van der Waals surface area contributed by atoms with Crippen LogP contribution in [0.25, 0.3) is 0 Å². The van der Waals surface area contributed by atoms with Gasteiger partial charge in [-0.15, -0.1) is 12.6 Å². The van der Waals surface area contributed by atoms with Gasteiger partial charge in [-0.2, -0.15) is 0 Å². The van der Waals surface area contributed by atoms with Gasteiger partial charge in [0.15, 0.2) is 0 Å². The first-order valence-electron chi connectivity index (χ1n) is 4.98. The van der Waals surface area contributed by atoms with E-state index in [0.717, 1.165) is 22.1 Å². The van der Waals surface area contributed by atoms with Crippen LogP contribution in [0.2, 0.25) is 0 Å². The van der Waals surface area contributed by atoms with Crippen LogP contribution in [-0.4, -0.2) is 17.0 Å². The minimum absolute atomic E-state index is 0.881. The normalized spacial score (nSPS) is 10.2. The molecule has 2 aromatic rings. The van der Waals surface area contributed by atoms with E-state index in [0.29, 0.717) is 0 Å². The minimum atomic E-state index is 0.881. The van der Waals surface area contributed by atoms with Crippen molar-refractivity contribution in [2.45, 2.75) is 11.8 Å². The minimum Gasteiger partial charge on any atom is -0.329 e. The van der Waals surface area contributed by atoms with Crippen LogP contribution in [-0.2, 0) is 0 Å². The van der Waals surface area contributed by atoms with Crippen molar-refractivity contribution in [3.8, 4) is 0 Å². The third kappa shape index (κ3) is 2.33. The van der Waals surface area contributed by atoms with E-state index >= 15 is 0 Å². The van der Waals surface area contributed by atoms with Gasteiger partial charge in [0.25, 0.3) is 0 Å². The fraction of sp³-hybridized carbons (Fsp3) is 0.167. The maximum atomic E-state index is 4.32. The Balaban J connectivity index is 2.35. The number of nitrogens with zero attached hydrogens (tertiary/aromatic N) is 3. The Morgan fingerprint density at radius 3 is 2.69 bits per heavy atom. The van der Waals surface area contributed by atoms with Crippen molar-refractivity contribution in [2.75, 3.05) is 11.9 Å². The zero-order valence-corrected chi connectivity index (χ0v) is 10.1. The number of rotatable bonds is 2. The summed E-state index contributed by atoms with van der Waals surface area (Å²) >= 11 is 4.32. The van der Waals surface area contributed by atoms with E-state index in [1.807, 2.05) is 49.2 Å². The zero-order chi connectivity index (χ0) is 11.5. The third-order valence-electron chi connectivity index (χ3n) is 2.35. The second-order valence-corrected chi connectivity index (χ2v) is 4.11. The molecule has 16 heavy (non-hydrogen) atoms. The van der Waals surface area contributed by atoms with E-state index in [4.69, 9.17) is 0 Å².